The van der Waals surface area contributed by atoms with Gasteiger partial charge in [0.15, 0.2) is 0 Å². The molecule has 112 valence electrons. The fourth-order valence-electron chi connectivity index (χ4n) is 1.99. The summed E-state index contributed by atoms with van der Waals surface area (Å²) in [6, 6.07) is 0.891. The van der Waals surface area contributed by atoms with Crippen molar-refractivity contribution in [2.45, 2.75) is 6.18 Å². The first-order valence-corrected chi connectivity index (χ1v) is 6.74. The molecule has 1 fully saturated rings. The van der Waals surface area contributed by atoms with Crippen LogP contribution in [0, 0.1) is 0 Å². The first-order chi connectivity index (χ1) is 9.47. The molecule has 0 radical (unpaired) electrons. The quantitative estimate of drug-likeness (QED) is 0.893. The van der Waals surface area contributed by atoms with Crippen LogP contribution in [0.15, 0.2) is 12.3 Å². The molecule has 2 rings (SSSR count). The van der Waals surface area contributed by atoms with Gasteiger partial charge in [-0.25, -0.2) is 4.98 Å². The number of alkyl halides is 3. The Morgan fingerprint density at radius 1 is 1.35 bits per heavy atom. The summed E-state index contributed by atoms with van der Waals surface area (Å²) in [5, 5.41) is 6.20. The number of piperazine rings is 1. The van der Waals surface area contributed by atoms with Crippen molar-refractivity contribution < 1.29 is 13.2 Å². The molecule has 0 spiro atoms. The summed E-state index contributed by atoms with van der Waals surface area (Å²) >= 11 is 5.81. The summed E-state index contributed by atoms with van der Waals surface area (Å²) in [6.07, 6.45) is -3.63. The smallest absolute Gasteiger partial charge is 0.368 e. The molecule has 1 aromatic rings. The van der Waals surface area contributed by atoms with Crippen LogP contribution in [0.1, 0.15) is 5.56 Å². The molecule has 4 nitrogen and oxygen atoms in total. The summed E-state index contributed by atoms with van der Waals surface area (Å²) in [5.41, 5.74) is -0.838. The Labute approximate surface area is 120 Å². The van der Waals surface area contributed by atoms with Gasteiger partial charge in [-0.1, -0.05) is 11.6 Å². The van der Waals surface area contributed by atoms with Crippen LogP contribution in [0.2, 0.25) is 5.02 Å². The molecule has 0 aromatic carbocycles. The SMILES string of the molecule is FC(F)(F)c1cnc(NCCN2CCNCC2)c(Cl)c1. The van der Waals surface area contributed by atoms with Gasteiger partial charge in [-0.15, -0.1) is 0 Å². The molecule has 0 saturated carbocycles. The Balaban J connectivity index is 1.86. The van der Waals surface area contributed by atoms with Crippen LogP contribution in [0.3, 0.4) is 0 Å². The van der Waals surface area contributed by atoms with E-state index in [2.05, 4.69) is 20.5 Å². The average Bonchev–Trinajstić information content (AvgIpc) is 2.40. The zero-order valence-corrected chi connectivity index (χ0v) is 11.6. The maximum Gasteiger partial charge on any atom is 0.417 e. The summed E-state index contributed by atoms with van der Waals surface area (Å²) < 4.78 is 37.4. The van der Waals surface area contributed by atoms with E-state index in [1.54, 1.807) is 0 Å². The second-order valence-corrected chi connectivity index (χ2v) is 4.98. The van der Waals surface area contributed by atoms with Gasteiger partial charge in [0, 0.05) is 45.5 Å². The Morgan fingerprint density at radius 3 is 2.65 bits per heavy atom. The predicted octanol–water partition coefficient (Wildman–Crippen LogP) is 2.07. The summed E-state index contributed by atoms with van der Waals surface area (Å²) in [7, 11) is 0. The molecule has 0 unspecified atom stereocenters. The molecule has 0 aliphatic carbocycles. The van der Waals surface area contributed by atoms with Crippen molar-refractivity contribution in [3.8, 4) is 0 Å². The van der Waals surface area contributed by atoms with Crippen LogP contribution in [0.4, 0.5) is 19.0 Å². The molecule has 1 saturated heterocycles. The van der Waals surface area contributed by atoms with Crippen molar-refractivity contribution in [3.63, 3.8) is 0 Å². The van der Waals surface area contributed by atoms with Gasteiger partial charge >= 0.3 is 6.18 Å². The van der Waals surface area contributed by atoms with Crippen molar-refractivity contribution in [2.75, 3.05) is 44.6 Å². The Morgan fingerprint density at radius 2 is 2.05 bits per heavy atom. The van der Waals surface area contributed by atoms with Crippen molar-refractivity contribution in [2.24, 2.45) is 0 Å². The number of nitrogens with one attached hydrogen (secondary N) is 2. The molecule has 0 amide bonds. The van der Waals surface area contributed by atoms with E-state index >= 15 is 0 Å². The van der Waals surface area contributed by atoms with Gasteiger partial charge < -0.3 is 10.6 Å². The van der Waals surface area contributed by atoms with Crippen molar-refractivity contribution in [3.05, 3.63) is 22.8 Å². The van der Waals surface area contributed by atoms with E-state index in [1.807, 2.05) is 0 Å². The minimum atomic E-state index is -4.42. The standard InChI is InChI=1S/C12H16ClF3N4/c13-10-7-9(12(14,15)16)8-19-11(10)18-3-6-20-4-1-17-2-5-20/h7-8,17H,1-6H2,(H,18,19). The molecule has 2 N–H and O–H groups in total. The number of nitrogens with zero attached hydrogens (tertiary/aromatic N) is 2. The first kappa shape index (κ1) is 15.3. The van der Waals surface area contributed by atoms with Gasteiger partial charge in [0.1, 0.15) is 5.82 Å². The van der Waals surface area contributed by atoms with Crippen LogP contribution >= 0.6 is 11.6 Å². The van der Waals surface area contributed by atoms with Crippen LogP contribution in [0.25, 0.3) is 0 Å². The molecule has 0 bridgehead atoms. The van der Waals surface area contributed by atoms with Crippen LogP contribution < -0.4 is 10.6 Å². The average molecular weight is 309 g/mol. The molecule has 8 heteroatoms. The van der Waals surface area contributed by atoms with Crippen LogP contribution in [-0.2, 0) is 6.18 Å². The van der Waals surface area contributed by atoms with E-state index in [0.717, 1.165) is 45.0 Å². The monoisotopic (exact) mass is 308 g/mol. The third kappa shape index (κ3) is 4.22. The number of halogens is 4. The number of hydrogen-bond acceptors (Lipinski definition) is 4. The number of hydrogen-bond donors (Lipinski definition) is 2. The van der Waals surface area contributed by atoms with Crippen LogP contribution in [0.5, 0.6) is 0 Å². The Kier molecular flexibility index (Phi) is 5.06. The van der Waals surface area contributed by atoms with E-state index < -0.39 is 11.7 Å². The zero-order valence-electron chi connectivity index (χ0n) is 10.8. The summed E-state index contributed by atoms with van der Waals surface area (Å²) in [6.45, 7) is 5.25. The molecular weight excluding hydrogens is 293 g/mol. The topological polar surface area (TPSA) is 40.2 Å². The lowest BCUT2D eigenvalue weighted by molar-refractivity contribution is -0.137. The molecule has 1 aromatic heterocycles. The zero-order chi connectivity index (χ0) is 14.6. The van der Waals surface area contributed by atoms with Crippen LogP contribution in [-0.4, -0.2) is 49.2 Å². The van der Waals surface area contributed by atoms with E-state index in [4.69, 9.17) is 11.6 Å². The van der Waals surface area contributed by atoms with E-state index in [9.17, 15) is 13.2 Å². The number of pyridine rings is 1. The number of rotatable bonds is 4. The van der Waals surface area contributed by atoms with E-state index in [1.165, 1.54) is 0 Å². The minimum absolute atomic E-state index is 0.0138. The second kappa shape index (κ2) is 6.60. The fraction of sp³-hybridized carbons (Fsp3) is 0.583. The fourth-order valence-corrected chi connectivity index (χ4v) is 2.22. The molecule has 1 aliphatic heterocycles. The highest BCUT2D eigenvalue weighted by molar-refractivity contribution is 6.32. The molecule has 2 heterocycles. The van der Waals surface area contributed by atoms with Crippen molar-refractivity contribution in [1.82, 2.24) is 15.2 Å². The summed E-state index contributed by atoms with van der Waals surface area (Å²) in [5.74, 6) is 0.287. The lowest BCUT2D eigenvalue weighted by Gasteiger charge is -2.27. The van der Waals surface area contributed by atoms with Gasteiger partial charge in [0.05, 0.1) is 10.6 Å². The third-order valence-corrected chi connectivity index (χ3v) is 3.39. The highest BCUT2D eigenvalue weighted by Crippen LogP contribution is 2.32. The highest BCUT2D eigenvalue weighted by atomic mass is 35.5. The highest BCUT2D eigenvalue weighted by Gasteiger charge is 2.31. The maximum atomic E-state index is 12.5. The second-order valence-electron chi connectivity index (χ2n) is 4.57. The maximum absolute atomic E-state index is 12.5. The van der Waals surface area contributed by atoms with Gasteiger partial charge in [-0.05, 0) is 6.07 Å². The lowest BCUT2D eigenvalue weighted by Crippen LogP contribution is -2.45. The number of aromatic nitrogens is 1. The Hall–Kier alpha value is -1.05. The first-order valence-electron chi connectivity index (χ1n) is 6.36. The van der Waals surface area contributed by atoms with Gasteiger partial charge in [0.2, 0.25) is 0 Å². The van der Waals surface area contributed by atoms with E-state index in [-0.39, 0.29) is 10.8 Å². The summed E-state index contributed by atoms with van der Waals surface area (Å²) in [4.78, 5) is 6.00. The minimum Gasteiger partial charge on any atom is -0.368 e. The molecule has 0 atom stereocenters. The lowest BCUT2D eigenvalue weighted by atomic mass is 10.3. The van der Waals surface area contributed by atoms with E-state index in [0.29, 0.717) is 6.54 Å². The normalized spacial score (nSPS) is 17.2. The number of anilines is 1. The van der Waals surface area contributed by atoms with Crippen molar-refractivity contribution >= 4 is 17.4 Å². The van der Waals surface area contributed by atoms with Gasteiger partial charge in [0.25, 0.3) is 0 Å². The predicted molar refractivity (Wildman–Crippen MR) is 72.0 cm³/mol. The molecular formula is C12H16ClF3N4. The molecule has 1 aliphatic rings. The van der Waals surface area contributed by atoms with Gasteiger partial charge in [-0.3, -0.25) is 4.90 Å². The van der Waals surface area contributed by atoms with Crippen molar-refractivity contribution in [1.29, 1.82) is 0 Å². The van der Waals surface area contributed by atoms with Gasteiger partial charge in [-0.2, -0.15) is 13.2 Å². The largest absolute Gasteiger partial charge is 0.417 e. The Bertz CT molecular complexity index is 447. The third-order valence-electron chi connectivity index (χ3n) is 3.10. The molecule has 20 heavy (non-hydrogen) atoms.